The molecule has 0 N–H and O–H groups in total. The van der Waals surface area contributed by atoms with Gasteiger partial charge in [0.25, 0.3) is 5.91 Å². The molecule has 1 aromatic carbocycles. The fourth-order valence-electron chi connectivity index (χ4n) is 2.05. The van der Waals surface area contributed by atoms with Gasteiger partial charge in [0.2, 0.25) is 5.82 Å². The van der Waals surface area contributed by atoms with Crippen molar-refractivity contribution >= 4 is 27.2 Å². The lowest BCUT2D eigenvalue weighted by Crippen LogP contribution is -2.05. The Kier molecular flexibility index (Phi) is 5.22. The SMILES string of the molecule is CS(=O)(=NC(=O)c1ccc(-c2noc(C(F)(F)F)n2)nc1)c1ccc(Cl)cc1. The Hall–Kier alpha value is -2.79. The third-order valence-corrected chi connectivity index (χ3v) is 5.33. The molecule has 12 heteroatoms. The number of pyridine rings is 1. The Morgan fingerprint density at radius 2 is 1.86 bits per heavy atom. The van der Waals surface area contributed by atoms with Crippen molar-refractivity contribution in [2.75, 3.05) is 6.26 Å². The number of hydrogen-bond acceptors (Lipinski definition) is 6. The molecule has 0 aliphatic heterocycles. The molecule has 3 rings (SSSR count). The zero-order valence-electron chi connectivity index (χ0n) is 14.0. The standard InChI is InChI=1S/C16H10ClF3N4O3S/c1-28(26,11-5-3-10(17)4-6-11)24-14(25)9-2-7-12(21-8-9)13-22-15(27-23-13)16(18,19)20/h2-8H,1H3. The maximum Gasteiger partial charge on any atom is 0.471 e. The Balaban J connectivity index is 1.85. The van der Waals surface area contributed by atoms with Crippen LogP contribution in [0.5, 0.6) is 0 Å². The first-order valence-corrected chi connectivity index (χ1v) is 9.76. The summed E-state index contributed by atoms with van der Waals surface area (Å²) in [5.74, 6) is -2.69. The van der Waals surface area contributed by atoms with Crippen LogP contribution in [0.2, 0.25) is 5.02 Å². The minimum atomic E-state index is -4.77. The molecule has 0 aliphatic carbocycles. The van der Waals surface area contributed by atoms with Gasteiger partial charge in [-0.25, -0.2) is 4.21 Å². The molecule has 1 amide bonds. The number of alkyl halides is 3. The van der Waals surface area contributed by atoms with Crippen LogP contribution in [0.3, 0.4) is 0 Å². The van der Waals surface area contributed by atoms with E-state index in [9.17, 15) is 22.2 Å². The molecule has 0 spiro atoms. The summed E-state index contributed by atoms with van der Waals surface area (Å²) in [5.41, 5.74) is -0.0439. The maximum absolute atomic E-state index is 12.7. The van der Waals surface area contributed by atoms with Gasteiger partial charge in [0.05, 0.1) is 15.3 Å². The molecule has 0 fully saturated rings. The van der Waals surface area contributed by atoms with Gasteiger partial charge < -0.3 is 4.52 Å². The van der Waals surface area contributed by atoms with E-state index in [4.69, 9.17) is 11.6 Å². The molecule has 3 aromatic rings. The van der Waals surface area contributed by atoms with Crippen LogP contribution in [-0.2, 0) is 15.9 Å². The third kappa shape index (κ3) is 4.37. The number of carbonyl (C=O) groups is 1. The van der Waals surface area contributed by atoms with E-state index < -0.39 is 27.7 Å². The van der Waals surface area contributed by atoms with E-state index in [1.165, 1.54) is 42.7 Å². The quantitative estimate of drug-likeness (QED) is 0.620. The van der Waals surface area contributed by atoms with E-state index in [0.29, 0.717) is 9.92 Å². The van der Waals surface area contributed by atoms with Gasteiger partial charge in [-0.3, -0.25) is 9.78 Å². The molecule has 0 aliphatic rings. The number of halogens is 4. The van der Waals surface area contributed by atoms with Crippen molar-refractivity contribution in [1.29, 1.82) is 0 Å². The number of benzene rings is 1. The lowest BCUT2D eigenvalue weighted by Gasteiger charge is -2.04. The molecule has 0 saturated carbocycles. The first kappa shape index (κ1) is 20.0. The molecule has 0 bridgehead atoms. The highest BCUT2D eigenvalue weighted by Gasteiger charge is 2.38. The molecule has 146 valence electrons. The monoisotopic (exact) mass is 430 g/mol. The minimum Gasteiger partial charge on any atom is -0.329 e. The number of carbonyl (C=O) groups excluding carboxylic acids is 1. The highest BCUT2D eigenvalue weighted by molar-refractivity contribution is 7.93. The average Bonchev–Trinajstić information content (AvgIpc) is 3.12. The number of rotatable bonds is 3. The van der Waals surface area contributed by atoms with Crippen molar-refractivity contribution in [3.8, 4) is 11.5 Å². The van der Waals surface area contributed by atoms with Gasteiger partial charge in [0, 0.05) is 22.4 Å². The number of aromatic nitrogens is 3. The lowest BCUT2D eigenvalue weighted by atomic mass is 10.2. The van der Waals surface area contributed by atoms with E-state index in [1.54, 1.807) is 0 Å². The summed E-state index contributed by atoms with van der Waals surface area (Å²) in [4.78, 5) is 19.6. The largest absolute Gasteiger partial charge is 0.471 e. The highest BCUT2D eigenvalue weighted by atomic mass is 35.5. The predicted octanol–water partition coefficient (Wildman–Crippen LogP) is 4.10. The second-order valence-corrected chi connectivity index (χ2v) is 8.20. The first-order valence-electron chi connectivity index (χ1n) is 7.46. The van der Waals surface area contributed by atoms with Gasteiger partial charge in [0.15, 0.2) is 0 Å². The Morgan fingerprint density at radius 1 is 1.18 bits per heavy atom. The summed E-state index contributed by atoms with van der Waals surface area (Å²) >= 11 is 5.78. The fraction of sp³-hybridized carbons (Fsp3) is 0.125. The molecule has 2 aromatic heterocycles. The van der Waals surface area contributed by atoms with Gasteiger partial charge in [-0.05, 0) is 36.4 Å². The van der Waals surface area contributed by atoms with Gasteiger partial charge in [-0.2, -0.15) is 22.5 Å². The summed E-state index contributed by atoms with van der Waals surface area (Å²) in [6.07, 6.45) is -2.40. The Morgan fingerprint density at radius 3 is 2.39 bits per heavy atom. The zero-order chi connectivity index (χ0) is 20.5. The normalized spacial score (nSPS) is 13.8. The molecule has 1 unspecified atom stereocenters. The first-order chi connectivity index (χ1) is 13.1. The average molecular weight is 431 g/mol. The van der Waals surface area contributed by atoms with Gasteiger partial charge in [-0.15, -0.1) is 0 Å². The van der Waals surface area contributed by atoms with E-state index in [2.05, 4.69) is 24.0 Å². The molecular weight excluding hydrogens is 421 g/mol. The van der Waals surface area contributed by atoms with Crippen LogP contribution in [0.4, 0.5) is 13.2 Å². The summed E-state index contributed by atoms with van der Waals surface area (Å²) in [6, 6.07) is 8.53. The summed E-state index contributed by atoms with van der Waals surface area (Å²) < 4.78 is 58.0. The second-order valence-electron chi connectivity index (χ2n) is 5.51. The zero-order valence-corrected chi connectivity index (χ0v) is 15.5. The second kappa shape index (κ2) is 7.32. The number of amides is 1. The lowest BCUT2D eigenvalue weighted by molar-refractivity contribution is -0.159. The Labute approximate surface area is 161 Å². The van der Waals surface area contributed by atoms with E-state index in [0.717, 1.165) is 6.20 Å². The molecule has 2 heterocycles. The minimum absolute atomic E-state index is 0.00757. The predicted molar refractivity (Wildman–Crippen MR) is 93.1 cm³/mol. The van der Waals surface area contributed by atoms with E-state index in [-0.39, 0.29) is 17.1 Å². The van der Waals surface area contributed by atoms with Crippen LogP contribution in [0.1, 0.15) is 16.2 Å². The van der Waals surface area contributed by atoms with E-state index in [1.807, 2.05) is 0 Å². The van der Waals surface area contributed by atoms with E-state index >= 15 is 0 Å². The van der Waals surface area contributed by atoms with Crippen molar-refractivity contribution in [3.63, 3.8) is 0 Å². The van der Waals surface area contributed by atoms with Gasteiger partial charge in [-0.1, -0.05) is 16.8 Å². The molecular formula is C16H10ClF3N4O3S. The van der Waals surface area contributed by atoms with Gasteiger partial charge >= 0.3 is 12.1 Å². The van der Waals surface area contributed by atoms with Crippen molar-refractivity contribution in [1.82, 2.24) is 15.1 Å². The van der Waals surface area contributed by atoms with Crippen molar-refractivity contribution in [2.24, 2.45) is 4.36 Å². The topological polar surface area (TPSA) is 98.3 Å². The smallest absolute Gasteiger partial charge is 0.329 e. The van der Waals surface area contributed by atoms with Crippen molar-refractivity contribution < 1.29 is 26.7 Å². The van der Waals surface area contributed by atoms with Crippen LogP contribution >= 0.6 is 11.6 Å². The molecule has 28 heavy (non-hydrogen) atoms. The number of nitrogens with zero attached hydrogens (tertiary/aromatic N) is 4. The summed E-state index contributed by atoms with van der Waals surface area (Å²) in [7, 11) is -3.03. The van der Waals surface area contributed by atoms with Crippen LogP contribution in [0.25, 0.3) is 11.5 Å². The Bertz CT molecular complexity index is 1140. The van der Waals surface area contributed by atoms with Crippen molar-refractivity contribution in [2.45, 2.75) is 11.1 Å². The maximum atomic E-state index is 12.7. The highest BCUT2D eigenvalue weighted by Crippen LogP contribution is 2.29. The third-order valence-electron chi connectivity index (χ3n) is 3.42. The molecule has 7 nitrogen and oxygen atoms in total. The van der Waals surface area contributed by atoms with Gasteiger partial charge in [0.1, 0.15) is 5.69 Å². The van der Waals surface area contributed by atoms with Crippen LogP contribution in [0.15, 0.2) is 56.4 Å². The van der Waals surface area contributed by atoms with Crippen molar-refractivity contribution in [3.05, 3.63) is 59.1 Å². The number of hydrogen-bond donors (Lipinski definition) is 0. The van der Waals surface area contributed by atoms with Crippen LogP contribution in [0, 0.1) is 0 Å². The molecule has 1 atom stereocenters. The van der Waals surface area contributed by atoms with Crippen LogP contribution < -0.4 is 0 Å². The summed E-state index contributed by atoms with van der Waals surface area (Å²) in [5, 5.41) is 3.64. The molecule has 0 radical (unpaired) electrons. The molecule has 0 saturated heterocycles. The fourth-order valence-corrected chi connectivity index (χ4v) is 3.34. The van der Waals surface area contributed by atoms with Crippen LogP contribution in [-0.4, -0.2) is 31.5 Å². The summed E-state index contributed by atoms with van der Waals surface area (Å²) in [6.45, 7) is 0.